The minimum atomic E-state index is -0.161. The molecule has 3 heteroatoms. The minimum Gasteiger partial charge on any atom is -0.483 e. The number of para-hydroxylation sites is 1. The van der Waals surface area contributed by atoms with Gasteiger partial charge in [0.05, 0.1) is 0 Å². The standard InChI is InChI=1S/C25H27NO2/c1-3-19(2)21-13-15-23(16-14-21)26-25(27)18-28-24-12-8-7-11-22(24)17-20-9-5-4-6-10-20/h4-16,19H,3,17-18H2,1-2H3,(H,26,27)/t19-/m0/s1. The number of carbonyl (C=O) groups excluding carboxylic acids is 1. The van der Waals surface area contributed by atoms with Gasteiger partial charge >= 0.3 is 0 Å². The number of nitrogens with one attached hydrogen (secondary N) is 1. The third kappa shape index (κ3) is 5.46. The van der Waals surface area contributed by atoms with Gasteiger partial charge in [-0.2, -0.15) is 0 Å². The van der Waals surface area contributed by atoms with E-state index in [0.29, 0.717) is 5.92 Å². The molecule has 0 saturated heterocycles. The number of hydrogen-bond donors (Lipinski definition) is 1. The lowest BCUT2D eigenvalue weighted by molar-refractivity contribution is -0.118. The van der Waals surface area contributed by atoms with Crippen molar-refractivity contribution in [3.05, 3.63) is 95.6 Å². The predicted octanol–water partition coefficient (Wildman–Crippen LogP) is 5.81. The second-order valence-electron chi connectivity index (χ2n) is 7.04. The summed E-state index contributed by atoms with van der Waals surface area (Å²) in [6, 6.07) is 26.1. The van der Waals surface area contributed by atoms with E-state index in [9.17, 15) is 4.79 Å². The molecule has 0 aliphatic rings. The van der Waals surface area contributed by atoms with Crippen molar-refractivity contribution in [1.82, 2.24) is 0 Å². The highest BCUT2D eigenvalue weighted by Crippen LogP contribution is 2.22. The van der Waals surface area contributed by atoms with Crippen LogP contribution in [0.4, 0.5) is 5.69 Å². The van der Waals surface area contributed by atoms with Crippen LogP contribution in [0, 0.1) is 0 Å². The Balaban J connectivity index is 1.57. The number of amides is 1. The van der Waals surface area contributed by atoms with Gasteiger partial charge < -0.3 is 10.1 Å². The van der Waals surface area contributed by atoms with E-state index >= 15 is 0 Å². The molecule has 1 N–H and O–H groups in total. The highest BCUT2D eigenvalue weighted by atomic mass is 16.5. The lowest BCUT2D eigenvalue weighted by Crippen LogP contribution is -2.20. The van der Waals surface area contributed by atoms with Gasteiger partial charge in [0.1, 0.15) is 5.75 Å². The van der Waals surface area contributed by atoms with Crippen molar-refractivity contribution in [3.63, 3.8) is 0 Å². The Morgan fingerprint density at radius 1 is 0.929 bits per heavy atom. The molecule has 3 aromatic rings. The molecule has 0 aromatic heterocycles. The first-order valence-corrected chi connectivity index (χ1v) is 9.80. The Bertz CT molecular complexity index is 888. The molecule has 0 spiro atoms. The normalized spacial score (nSPS) is 11.6. The number of anilines is 1. The summed E-state index contributed by atoms with van der Waals surface area (Å²) in [6.45, 7) is 4.36. The third-order valence-corrected chi connectivity index (χ3v) is 4.94. The van der Waals surface area contributed by atoms with Gasteiger partial charge in [-0.15, -0.1) is 0 Å². The van der Waals surface area contributed by atoms with Crippen molar-refractivity contribution >= 4 is 11.6 Å². The molecule has 0 aliphatic heterocycles. The molecule has 28 heavy (non-hydrogen) atoms. The lowest BCUT2D eigenvalue weighted by atomic mass is 9.99. The number of rotatable bonds is 8. The van der Waals surface area contributed by atoms with E-state index in [1.165, 1.54) is 11.1 Å². The first-order valence-electron chi connectivity index (χ1n) is 9.80. The van der Waals surface area contributed by atoms with E-state index < -0.39 is 0 Å². The zero-order valence-electron chi connectivity index (χ0n) is 16.5. The van der Waals surface area contributed by atoms with Crippen molar-refractivity contribution in [2.45, 2.75) is 32.6 Å². The van der Waals surface area contributed by atoms with Crippen LogP contribution in [0.5, 0.6) is 5.75 Å². The monoisotopic (exact) mass is 373 g/mol. The maximum Gasteiger partial charge on any atom is 0.262 e. The maximum absolute atomic E-state index is 12.3. The first-order chi connectivity index (χ1) is 13.7. The van der Waals surface area contributed by atoms with Crippen LogP contribution in [-0.4, -0.2) is 12.5 Å². The summed E-state index contributed by atoms with van der Waals surface area (Å²) in [5.41, 5.74) is 4.36. The summed E-state index contributed by atoms with van der Waals surface area (Å²) in [7, 11) is 0. The topological polar surface area (TPSA) is 38.3 Å². The Kier molecular flexibility index (Phi) is 6.85. The van der Waals surface area contributed by atoms with Crippen molar-refractivity contribution in [3.8, 4) is 5.75 Å². The Hall–Kier alpha value is -3.07. The number of ether oxygens (including phenoxy) is 1. The fourth-order valence-electron chi connectivity index (χ4n) is 3.08. The van der Waals surface area contributed by atoms with Gasteiger partial charge in [0.2, 0.25) is 0 Å². The maximum atomic E-state index is 12.3. The van der Waals surface area contributed by atoms with Gasteiger partial charge in [0.15, 0.2) is 6.61 Å². The van der Waals surface area contributed by atoms with E-state index in [-0.39, 0.29) is 12.5 Å². The summed E-state index contributed by atoms with van der Waals surface area (Å²) in [4.78, 5) is 12.3. The van der Waals surface area contributed by atoms with Gasteiger partial charge in [0.25, 0.3) is 5.91 Å². The number of hydrogen-bond acceptors (Lipinski definition) is 2. The fraction of sp³-hybridized carbons (Fsp3) is 0.240. The number of benzene rings is 3. The fourth-order valence-corrected chi connectivity index (χ4v) is 3.08. The van der Waals surface area contributed by atoms with Crippen LogP contribution in [-0.2, 0) is 11.2 Å². The molecule has 144 valence electrons. The lowest BCUT2D eigenvalue weighted by Gasteiger charge is -2.13. The van der Waals surface area contributed by atoms with Crippen LogP contribution < -0.4 is 10.1 Å². The van der Waals surface area contributed by atoms with Crippen LogP contribution in [0.15, 0.2) is 78.9 Å². The first kappa shape index (κ1) is 19.7. The Morgan fingerprint density at radius 3 is 2.32 bits per heavy atom. The molecular weight excluding hydrogens is 346 g/mol. The quantitative estimate of drug-likeness (QED) is 0.541. The van der Waals surface area contributed by atoms with Crippen LogP contribution in [0.25, 0.3) is 0 Å². The molecule has 0 unspecified atom stereocenters. The van der Waals surface area contributed by atoms with Crippen molar-refractivity contribution < 1.29 is 9.53 Å². The van der Waals surface area contributed by atoms with Crippen molar-refractivity contribution in [2.24, 2.45) is 0 Å². The smallest absolute Gasteiger partial charge is 0.262 e. The molecule has 3 nitrogen and oxygen atoms in total. The van der Waals surface area contributed by atoms with Gasteiger partial charge in [-0.05, 0) is 47.2 Å². The average Bonchev–Trinajstić information content (AvgIpc) is 2.74. The molecule has 0 heterocycles. The van der Waals surface area contributed by atoms with E-state index in [2.05, 4.69) is 43.4 Å². The predicted molar refractivity (Wildman–Crippen MR) is 115 cm³/mol. The second-order valence-corrected chi connectivity index (χ2v) is 7.04. The van der Waals surface area contributed by atoms with Gasteiger partial charge in [-0.3, -0.25) is 4.79 Å². The highest BCUT2D eigenvalue weighted by molar-refractivity contribution is 5.91. The van der Waals surface area contributed by atoms with Crippen molar-refractivity contribution in [1.29, 1.82) is 0 Å². The summed E-state index contributed by atoms with van der Waals surface area (Å²) in [6.07, 6.45) is 1.87. The van der Waals surface area contributed by atoms with Crippen molar-refractivity contribution in [2.75, 3.05) is 11.9 Å². The number of carbonyl (C=O) groups is 1. The largest absolute Gasteiger partial charge is 0.483 e. The van der Waals surface area contributed by atoms with Crippen LogP contribution in [0.1, 0.15) is 42.9 Å². The summed E-state index contributed by atoms with van der Waals surface area (Å²) in [5, 5.41) is 2.90. The zero-order chi connectivity index (χ0) is 19.8. The molecular formula is C25H27NO2. The Labute approximate surface area is 167 Å². The van der Waals surface area contributed by atoms with Gasteiger partial charge in [-0.25, -0.2) is 0 Å². The van der Waals surface area contributed by atoms with E-state index in [1.54, 1.807) is 0 Å². The van der Waals surface area contributed by atoms with E-state index in [0.717, 1.165) is 29.8 Å². The molecule has 0 aliphatic carbocycles. The summed E-state index contributed by atoms with van der Waals surface area (Å²) >= 11 is 0. The molecule has 0 radical (unpaired) electrons. The third-order valence-electron chi connectivity index (χ3n) is 4.94. The minimum absolute atomic E-state index is 0.0150. The molecule has 0 fully saturated rings. The van der Waals surface area contributed by atoms with Gasteiger partial charge in [0, 0.05) is 12.1 Å². The Morgan fingerprint density at radius 2 is 1.61 bits per heavy atom. The van der Waals surface area contributed by atoms with Crippen LogP contribution >= 0.6 is 0 Å². The summed E-state index contributed by atoms with van der Waals surface area (Å²) < 4.78 is 5.81. The molecule has 1 atom stereocenters. The average molecular weight is 373 g/mol. The second kappa shape index (κ2) is 9.75. The highest BCUT2D eigenvalue weighted by Gasteiger charge is 2.09. The summed E-state index contributed by atoms with van der Waals surface area (Å²) in [5.74, 6) is 1.11. The van der Waals surface area contributed by atoms with Gasteiger partial charge in [-0.1, -0.05) is 74.5 Å². The zero-order valence-corrected chi connectivity index (χ0v) is 16.5. The molecule has 0 saturated carbocycles. The molecule has 3 aromatic carbocycles. The van der Waals surface area contributed by atoms with Crippen LogP contribution in [0.2, 0.25) is 0 Å². The van der Waals surface area contributed by atoms with Crippen LogP contribution in [0.3, 0.4) is 0 Å². The van der Waals surface area contributed by atoms with E-state index in [1.807, 2.05) is 54.6 Å². The van der Waals surface area contributed by atoms with E-state index in [4.69, 9.17) is 4.74 Å². The molecule has 1 amide bonds. The molecule has 3 rings (SSSR count). The SMILES string of the molecule is CC[C@H](C)c1ccc(NC(=O)COc2ccccc2Cc2ccccc2)cc1. The molecule has 0 bridgehead atoms.